The Morgan fingerprint density at radius 3 is 2.51 bits per heavy atom. The third-order valence-corrected chi connectivity index (χ3v) is 5.84. The summed E-state index contributed by atoms with van der Waals surface area (Å²) in [7, 11) is 1.37. The Morgan fingerprint density at radius 1 is 1.14 bits per heavy atom. The first-order valence-corrected chi connectivity index (χ1v) is 11.1. The van der Waals surface area contributed by atoms with E-state index in [0.29, 0.717) is 0 Å². The van der Waals surface area contributed by atoms with Crippen molar-refractivity contribution in [1.82, 2.24) is 14.1 Å². The Hall–Kier alpha value is -4.03. The summed E-state index contributed by atoms with van der Waals surface area (Å²) in [6, 6.07) is 10.5. The minimum atomic E-state index is -4.99. The van der Waals surface area contributed by atoms with Crippen LogP contribution in [0.15, 0.2) is 58.1 Å². The van der Waals surface area contributed by atoms with E-state index in [-0.39, 0.29) is 32.9 Å². The average Bonchev–Trinajstić information content (AvgIpc) is 2.83. The standard InChI is InChI=1S/C23H15Cl2F3N4O5/c1-31-15-7-4-6-13(30-20(34)14-9-12(24)18(33)19(25)29-14)17(15)21(35)32(22(31)36)10-11-5-2-3-8-16(11)37-23(26,27)28/h2-9,33H,10H2,1H3,(H,30,34). The van der Waals surface area contributed by atoms with Gasteiger partial charge in [0.1, 0.15) is 11.4 Å². The third kappa shape index (κ3) is 5.25. The highest BCUT2D eigenvalue weighted by Crippen LogP contribution is 2.31. The van der Waals surface area contributed by atoms with Crippen LogP contribution >= 0.6 is 23.2 Å². The van der Waals surface area contributed by atoms with Crippen molar-refractivity contribution in [3.63, 3.8) is 0 Å². The van der Waals surface area contributed by atoms with E-state index in [0.717, 1.165) is 21.3 Å². The molecule has 2 N–H and O–H groups in total. The molecule has 0 spiro atoms. The summed E-state index contributed by atoms with van der Waals surface area (Å²) in [5.41, 5.74) is -1.88. The summed E-state index contributed by atoms with van der Waals surface area (Å²) >= 11 is 11.6. The number of anilines is 1. The number of benzene rings is 2. The monoisotopic (exact) mass is 554 g/mol. The number of halogens is 5. The predicted molar refractivity (Wildman–Crippen MR) is 130 cm³/mol. The molecule has 4 aromatic rings. The number of nitrogens with zero attached hydrogens (tertiary/aromatic N) is 3. The van der Waals surface area contributed by atoms with E-state index in [4.69, 9.17) is 23.2 Å². The number of pyridine rings is 1. The second kappa shape index (κ2) is 9.79. The molecule has 0 aliphatic rings. The van der Waals surface area contributed by atoms with Gasteiger partial charge >= 0.3 is 12.1 Å². The van der Waals surface area contributed by atoms with Gasteiger partial charge in [0.05, 0.1) is 28.2 Å². The average molecular weight is 555 g/mol. The molecule has 0 aliphatic heterocycles. The number of ether oxygens (including phenoxy) is 1. The molecule has 4 rings (SSSR count). The fraction of sp³-hybridized carbons (Fsp3) is 0.130. The number of carbonyl (C=O) groups excluding carboxylic acids is 1. The van der Waals surface area contributed by atoms with Gasteiger partial charge in [-0.1, -0.05) is 47.5 Å². The molecule has 0 bridgehead atoms. The second-order valence-electron chi connectivity index (χ2n) is 7.67. The molecule has 0 unspecified atom stereocenters. The number of fused-ring (bicyclic) bond motifs is 1. The van der Waals surface area contributed by atoms with E-state index in [9.17, 15) is 32.7 Å². The Morgan fingerprint density at radius 2 is 1.84 bits per heavy atom. The summed E-state index contributed by atoms with van der Waals surface area (Å²) in [5.74, 6) is -1.92. The van der Waals surface area contributed by atoms with Crippen molar-refractivity contribution in [3.05, 3.63) is 90.8 Å². The van der Waals surface area contributed by atoms with Gasteiger partial charge < -0.3 is 15.2 Å². The van der Waals surface area contributed by atoms with E-state index >= 15 is 0 Å². The summed E-state index contributed by atoms with van der Waals surface area (Å²) in [6.07, 6.45) is -4.99. The van der Waals surface area contributed by atoms with Gasteiger partial charge in [0.25, 0.3) is 11.5 Å². The zero-order chi connectivity index (χ0) is 27.1. The number of hydrogen-bond donors (Lipinski definition) is 2. The highest BCUT2D eigenvalue weighted by molar-refractivity contribution is 6.36. The van der Waals surface area contributed by atoms with E-state index < -0.39 is 46.7 Å². The molecule has 0 fully saturated rings. The molecule has 9 nitrogen and oxygen atoms in total. The lowest BCUT2D eigenvalue weighted by Gasteiger charge is -2.16. The molecule has 0 saturated carbocycles. The lowest BCUT2D eigenvalue weighted by atomic mass is 10.1. The number of rotatable bonds is 5. The van der Waals surface area contributed by atoms with Gasteiger partial charge in [-0.15, -0.1) is 13.2 Å². The maximum Gasteiger partial charge on any atom is 0.573 e. The van der Waals surface area contributed by atoms with Crippen LogP contribution < -0.4 is 21.3 Å². The SMILES string of the molecule is Cn1c(=O)n(Cc2ccccc2OC(F)(F)F)c(=O)c2c(NC(=O)c3cc(Cl)c(O)c(Cl)n3)cccc21. The summed E-state index contributed by atoms with van der Waals surface area (Å²) < 4.78 is 44.4. The molecule has 0 saturated heterocycles. The first-order chi connectivity index (χ1) is 17.4. The van der Waals surface area contributed by atoms with Crippen LogP contribution in [0.3, 0.4) is 0 Å². The Bertz CT molecular complexity index is 1640. The number of hydrogen-bond acceptors (Lipinski definition) is 6. The molecule has 2 heterocycles. The zero-order valence-electron chi connectivity index (χ0n) is 18.6. The van der Waals surface area contributed by atoms with Crippen LogP contribution in [0.25, 0.3) is 10.9 Å². The highest BCUT2D eigenvalue weighted by atomic mass is 35.5. The minimum Gasteiger partial charge on any atom is -0.504 e. The first-order valence-electron chi connectivity index (χ1n) is 10.3. The Labute approximate surface area is 215 Å². The van der Waals surface area contributed by atoms with Crippen molar-refractivity contribution >= 4 is 45.7 Å². The number of aryl methyl sites for hydroxylation is 1. The summed E-state index contributed by atoms with van der Waals surface area (Å²) in [5, 5.41) is 11.4. The van der Waals surface area contributed by atoms with Crippen LogP contribution in [0.4, 0.5) is 18.9 Å². The smallest absolute Gasteiger partial charge is 0.504 e. The molecular weight excluding hydrogens is 540 g/mol. The van der Waals surface area contributed by atoms with E-state index in [2.05, 4.69) is 15.0 Å². The molecule has 0 aliphatic carbocycles. The largest absolute Gasteiger partial charge is 0.573 e. The molecule has 37 heavy (non-hydrogen) atoms. The number of carbonyl (C=O) groups is 1. The van der Waals surface area contributed by atoms with Crippen LogP contribution in [0.1, 0.15) is 16.1 Å². The van der Waals surface area contributed by atoms with Gasteiger partial charge in [0.15, 0.2) is 10.9 Å². The number of aromatic hydroxyl groups is 1. The van der Waals surface area contributed by atoms with E-state index in [1.165, 1.54) is 43.4 Å². The molecule has 2 aromatic carbocycles. The molecule has 192 valence electrons. The lowest BCUT2D eigenvalue weighted by molar-refractivity contribution is -0.274. The van der Waals surface area contributed by atoms with Crippen LogP contribution in [0, 0.1) is 0 Å². The molecule has 2 aromatic heterocycles. The fourth-order valence-electron chi connectivity index (χ4n) is 3.60. The number of nitrogens with one attached hydrogen (secondary N) is 1. The van der Waals surface area contributed by atoms with Crippen molar-refractivity contribution < 1.29 is 27.8 Å². The van der Waals surface area contributed by atoms with Crippen LogP contribution in [0.5, 0.6) is 11.5 Å². The molecule has 0 radical (unpaired) electrons. The summed E-state index contributed by atoms with van der Waals surface area (Å²) in [6.45, 7) is -0.541. The Kier molecular flexibility index (Phi) is 6.89. The highest BCUT2D eigenvalue weighted by Gasteiger charge is 2.32. The van der Waals surface area contributed by atoms with Crippen molar-refractivity contribution in [1.29, 1.82) is 0 Å². The van der Waals surface area contributed by atoms with Crippen LogP contribution in [-0.2, 0) is 13.6 Å². The summed E-state index contributed by atoms with van der Waals surface area (Å²) in [4.78, 5) is 43.0. The van der Waals surface area contributed by atoms with Gasteiger partial charge in [-0.3, -0.25) is 18.7 Å². The van der Waals surface area contributed by atoms with E-state index in [1.807, 2.05) is 0 Å². The van der Waals surface area contributed by atoms with Crippen LogP contribution in [0.2, 0.25) is 10.2 Å². The predicted octanol–water partition coefficient (Wildman–Crippen LogP) is 4.31. The number of alkyl halides is 3. The van der Waals surface area contributed by atoms with Crippen molar-refractivity contribution in [2.45, 2.75) is 12.9 Å². The lowest BCUT2D eigenvalue weighted by Crippen LogP contribution is -2.39. The van der Waals surface area contributed by atoms with Gasteiger partial charge in [-0.05, 0) is 24.3 Å². The quantitative estimate of drug-likeness (QED) is 0.355. The molecule has 14 heteroatoms. The first kappa shape index (κ1) is 26.0. The normalized spacial score (nSPS) is 11.5. The Balaban J connectivity index is 1.82. The van der Waals surface area contributed by atoms with Gasteiger partial charge in [0, 0.05) is 12.6 Å². The van der Waals surface area contributed by atoms with Gasteiger partial charge in [0.2, 0.25) is 0 Å². The fourth-order valence-corrected chi connectivity index (χ4v) is 4.04. The van der Waals surface area contributed by atoms with Gasteiger partial charge in [-0.2, -0.15) is 0 Å². The maximum atomic E-state index is 13.4. The zero-order valence-corrected chi connectivity index (χ0v) is 20.1. The van der Waals surface area contributed by atoms with E-state index in [1.54, 1.807) is 0 Å². The molecule has 1 amide bonds. The number of aromatic nitrogens is 3. The number of para-hydroxylation sites is 1. The van der Waals surface area contributed by atoms with Crippen molar-refractivity contribution in [2.24, 2.45) is 7.05 Å². The number of amides is 1. The third-order valence-electron chi connectivity index (χ3n) is 5.29. The second-order valence-corrected chi connectivity index (χ2v) is 8.44. The topological polar surface area (TPSA) is 115 Å². The van der Waals surface area contributed by atoms with Gasteiger partial charge in [-0.25, -0.2) is 9.78 Å². The minimum absolute atomic E-state index is 0.0150. The molecule has 0 atom stereocenters. The molecular formula is C23H15Cl2F3N4O5. The van der Waals surface area contributed by atoms with Crippen LogP contribution in [-0.4, -0.2) is 31.5 Å². The maximum absolute atomic E-state index is 13.4. The van der Waals surface area contributed by atoms with Crippen molar-refractivity contribution in [2.75, 3.05) is 5.32 Å². The van der Waals surface area contributed by atoms with Crippen molar-refractivity contribution in [3.8, 4) is 11.5 Å².